The maximum Gasteiger partial charge on any atom is 0.414 e. The first-order valence-corrected chi connectivity index (χ1v) is 9.48. The molecule has 5 rings (SSSR count). The summed E-state index contributed by atoms with van der Waals surface area (Å²) in [4.78, 5) is 0. The van der Waals surface area contributed by atoms with Gasteiger partial charge in [-0.3, -0.25) is 0 Å². The summed E-state index contributed by atoms with van der Waals surface area (Å²) in [5, 5.41) is 7.86. The van der Waals surface area contributed by atoms with E-state index in [-0.39, 0.29) is 6.42 Å². The molecule has 1 unspecified atom stereocenters. The summed E-state index contributed by atoms with van der Waals surface area (Å²) in [5.74, 6) is -0.422. The number of fused-ring (bicyclic) bond motifs is 1. The number of nitrogens with zero attached hydrogens (tertiary/aromatic N) is 2. The van der Waals surface area contributed by atoms with Gasteiger partial charge in [-0.05, 0) is 53.3 Å². The van der Waals surface area contributed by atoms with Gasteiger partial charge in [0.25, 0.3) is 0 Å². The number of alkyl halides is 3. The molecule has 2 aliphatic rings. The largest absolute Gasteiger partial charge is 0.414 e. The van der Waals surface area contributed by atoms with Crippen molar-refractivity contribution in [1.82, 2.24) is 0 Å². The molecule has 1 atom stereocenters. The number of anilines is 1. The zero-order valence-corrected chi connectivity index (χ0v) is 15.2. The van der Waals surface area contributed by atoms with Crippen molar-refractivity contribution < 1.29 is 13.2 Å². The van der Waals surface area contributed by atoms with Crippen LogP contribution >= 0.6 is 0 Å². The molecule has 2 nitrogen and oxygen atoms in total. The van der Waals surface area contributed by atoms with E-state index in [1.807, 2.05) is 42.5 Å². The Hall–Kier alpha value is -2.82. The summed E-state index contributed by atoms with van der Waals surface area (Å²) in [7, 11) is 0. The van der Waals surface area contributed by atoms with E-state index in [0.29, 0.717) is 24.2 Å². The van der Waals surface area contributed by atoms with Crippen molar-refractivity contribution in [3.8, 4) is 0 Å². The average molecular weight is 380 g/mol. The molecule has 1 heterocycles. The van der Waals surface area contributed by atoms with Crippen LogP contribution in [0, 0.1) is 5.92 Å². The Kier molecular flexibility index (Phi) is 3.76. The van der Waals surface area contributed by atoms with Crippen LogP contribution in [0.4, 0.5) is 18.9 Å². The molecule has 3 aromatic rings. The van der Waals surface area contributed by atoms with Gasteiger partial charge < -0.3 is 0 Å². The fourth-order valence-electron chi connectivity index (χ4n) is 4.29. The second-order valence-corrected chi connectivity index (χ2v) is 7.63. The molecule has 0 amide bonds. The maximum atomic E-state index is 14.5. The predicted molar refractivity (Wildman–Crippen MR) is 106 cm³/mol. The van der Waals surface area contributed by atoms with E-state index in [1.54, 1.807) is 30.3 Å². The highest BCUT2D eigenvalue weighted by molar-refractivity contribution is 6.06. The van der Waals surface area contributed by atoms with Gasteiger partial charge in [-0.25, -0.2) is 5.01 Å². The van der Waals surface area contributed by atoms with Crippen molar-refractivity contribution in [2.75, 3.05) is 5.01 Å². The zero-order chi connectivity index (χ0) is 19.4. The lowest BCUT2D eigenvalue weighted by Gasteiger charge is -2.39. The lowest BCUT2D eigenvalue weighted by molar-refractivity contribution is -0.189. The van der Waals surface area contributed by atoms with Gasteiger partial charge in [0.15, 0.2) is 5.54 Å². The minimum absolute atomic E-state index is 0.117. The number of rotatable bonds is 3. The van der Waals surface area contributed by atoms with E-state index in [0.717, 1.165) is 16.3 Å². The monoisotopic (exact) mass is 380 g/mol. The molecular formula is C23H19F3N2. The molecular weight excluding hydrogens is 361 g/mol. The molecule has 1 fully saturated rings. The Morgan fingerprint density at radius 1 is 0.857 bits per heavy atom. The van der Waals surface area contributed by atoms with E-state index in [2.05, 4.69) is 5.10 Å². The van der Waals surface area contributed by atoms with Crippen molar-refractivity contribution in [2.45, 2.75) is 31.0 Å². The first-order valence-electron chi connectivity index (χ1n) is 9.48. The van der Waals surface area contributed by atoms with Crippen LogP contribution in [0.5, 0.6) is 0 Å². The van der Waals surface area contributed by atoms with Crippen LogP contribution in [0.25, 0.3) is 10.8 Å². The molecule has 3 aromatic carbocycles. The second-order valence-electron chi connectivity index (χ2n) is 7.63. The maximum absolute atomic E-state index is 14.5. The third kappa shape index (κ3) is 2.60. The third-order valence-electron chi connectivity index (χ3n) is 5.86. The quantitative estimate of drug-likeness (QED) is 0.531. The van der Waals surface area contributed by atoms with Crippen LogP contribution in [0.1, 0.15) is 24.8 Å². The smallest absolute Gasteiger partial charge is 0.249 e. The Bertz CT molecular complexity index is 1050. The number of hydrogen-bond acceptors (Lipinski definition) is 2. The summed E-state index contributed by atoms with van der Waals surface area (Å²) in [5.41, 5.74) is -0.220. The van der Waals surface area contributed by atoms with Gasteiger partial charge in [0.05, 0.1) is 11.4 Å². The van der Waals surface area contributed by atoms with E-state index >= 15 is 0 Å². The van der Waals surface area contributed by atoms with Crippen molar-refractivity contribution in [1.29, 1.82) is 0 Å². The molecule has 0 spiro atoms. The fourth-order valence-corrected chi connectivity index (χ4v) is 4.29. The SMILES string of the molecule is FC(F)(F)C1(C2CC2)CC(c2ccc3ccccc3c2)=NN1c1ccccc1. The molecule has 1 aliphatic carbocycles. The lowest BCUT2D eigenvalue weighted by atomic mass is 9.84. The van der Waals surface area contributed by atoms with E-state index in [4.69, 9.17) is 0 Å². The van der Waals surface area contributed by atoms with Crippen molar-refractivity contribution in [2.24, 2.45) is 11.0 Å². The standard InChI is InChI=1S/C23H19F3N2/c24-23(25,26)22(19-12-13-19)15-21(27-28(22)20-8-2-1-3-9-20)18-11-10-16-6-4-5-7-17(16)14-18/h1-11,14,19H,12-13,15H2. The molecule has 0 aromatic heterocycles. The molecule has 1 aliphatic heterocycles. The van der Waals surface area contributed by atoms with Gasteiger partial charge in [-0.1, -0.05) is 54.6 Å². The summed E-state index contributed by atoms with van der Waals surface area (Å²) in [6.07, 6.45) is -3.31. The topological polar surface area (TPSA) is 15.6 Å². The Morgan fingerprint density at radius 2 is 1.54 bits per heavy atom. The van der Waals surface area contributed by atoms with Gasteiger partial charge in [0.1, 0.15) is 0 Å². The van der Waals surface area contributed by atoms with Gasteiger partial charge in [0, 0.05) is 6.42 Å². The minimum Gasteiger partial charge on any atom is -0.249 e. The van der Waals surface area contributed by atoms with Crippen molar-refractivity contribution in [3.63, 3.8) is 0 Å². The summed E-state index contributed by atoms with van der Waals surface area (Å²) in [6, 6.07) is 22.4. The Morgan fingerprint density at radius 3 is 2.21 bits per heavy atom. The van der Waals surface area contributed by atoms with E-state index in [1.165, 1.54) is 5.01 Å². The molecule has 0 N–H and O–H groups in total. The molecule has 142 valence electrons. The third-order valence-corrected chi connectivity index (χ3v) is 5.86. The van der Waals surface area contributed by atoms with Crippen LogP contribution in [0.3, 0.4) is 0 Å². The van der Waals surface area contributed by atoms with Gasteiger partial charge in [-0.2, -0.15) is 18.3 Å². The normalized spacial score (nSPS) is 22.5. The van der Waals surface area contributed by atoms with E-state index < -0.39 is 17.6 Å². The minimum atomic E-state index is -4.37. The summed E-state index contributed by atoms with van der Waals surface area (Å²) >= 11 is 0. The zero-order valence-electron chi connectivity index (χ0n) is 15.2. The van der Waals surface area contributed by atoms with Crippen molar-refractivity contribution >= 4 is 22.2 Å². The number of hydrogen-bond donors (Lipinski definition) is 0. The van der Waals surface area contributed by atoms with Crippen LogP contribution in [0.2, 0.25) is 0 Å². The molecule has 0 saturated heterocycles. The van der Waals surface area contributed by atoms with Crippen molar-refractivity contribution in [3.05, 3.63) is 78.4 Å². The molecule has 28 heavy (non-hydrogen) atoms. The summed E-state index contributed by atoms with van der Waals surface area (Å²) in [6.45, 7) is 0. The average Bonchev–Trinajstić information content (AvgIpc) is 3.47. The highest BCUT2D eigenvalue weighted by atomic mass is 19.4. The van der Waals surface area contributed by atoms with Crippen LogP contribution in [0.15, 0.2) is 77.9 Å². The predicted octanol–water partition coefficient (Wildman–Crippen LogP) is 6.17. The molecule has 1 saturated carbocycles. The fraction of sp³-hybridized carbons (Fsp3) is 0.261. The molecule has 5 heteroatoms. The van der Waals surface area contributed by atoms with Crippen LogP contribution in [-0.2, 0) is 0 Å². The Balaban J connectivity index is 1.65. The van der Waals surface area contributed by atoms with Gasteiger partial charge in [0.2, 0.25) is 0 Å². The summed E-state index contributed by atoms with van der Waals surface area (Å²) < 4.78 is 43.4. The number of benzene rings is 3. The first-order chi connectivity index (χ1) is 13.5. The number of halogens is 3. The van der Waals surface area contributed by atoms with E-state index in [9.17, 15) is 13.2 Å². The Labute approximate surface area is 161 Å². The second kappa shape index (κ2) is 6.09. The number of hydrazone groups is 1. The van der Waals surface area contributed by atoms with Crippen LogP contribution in [-0.4, -0.2) is 17.4 Å². The highest BCUT2D eigenvalue weighted by Crippen LogP contribution is 2.57. The van der Waals surface area contributed by atoms with Gasteiger partial charge >= 0.3 is 6.18 Å². The molecule has 0 radical (unpaired) electrons. The highest BCUT2D eigenvalue weighted by Gasteiger charge is 2.68. The molecule has 0 bridgehead atoms. The lowest BCUT2D eigenvalue weighted by Crippen LogP contribution is -2.57. The van der Waals surface area contributed by atoms with Crippen LogP contribution < -0.4 is 5.01 Å². The van der Waals surface area contributed by atoms with Gasteiger partial charge in [-0.15, -0.1) is 0 Å². The first kappa shape index (κ1) is 17.3. The number of para-hydroxylation sites is 1.